The molecule has 0 aromatic heterocycles. The van der Waals surface area contributed by atoms with Gasteiger partial charge in [0.05, 0.1) is 5.56 Å². The van der Waals surface area contributed by atoms with Crippen LogP contribution in [0.4, 0.5) is 18.9 Å². The van der Waals surface area contributed by atoms with Crippen LogP contribution in [0, 0.1) is 0 Å². The van der Waals surface area contributed by atoms with Crippen LogP contribution in [0.25, 0.3) is 0 Å². The van der Waals surface area contributed by atoms with Crippen molar-refractivity contribution in [3.63, 3.8) is 0 Å². The van der Waals surface area contributed by atoms with Gasteiger partial charge in [-0.2, -0.15) is 13.2 Å². The predicted octanol–water partition coefficient (Wildman–Crippen LogP) is 4.26. The summed E-state index contributed by atoms with van der Waals surface area (Å²) in [6.07, 6.45) is -4.44. The fraction of sp³-hybridized carbons (Fsp3) is 0.133. The Morgan fingerprint density at radius 2 is 1.65 bits per heavy atom. The molecule has 126 valence electrons. The molecule has 0 unspecified atom stereocenters. The first-order valence-electron chi connectivity index (χ1n) is 6.18. The lowest BCUT2D eigenvalue weighted by molar-refractivity contribution is -0.137. The summed E-state index contributed by atoms with van der Waals surface area (Å²) in [5.74, 6) is -0.474. The standard InChI is InChI=1S/C15H13F3N2O.2ClH/c16-15(17,18)12-2-1-3-13(8-12)20-14(21)11-6-4-10(9-19)5-7-11;;/h1-8H,9,19H2,(H,20,21);2*1H. The predicted molar refractivity (Wildman–Crippen MR) is 88.2 cm³/mol. The van der Waals surface area contributed by atoms with Gasteiger partial charge < -0.3 is 11.1 Å². The Balaban J connectivity index is 0.00000242. The topological polar surface area (TPSA) is 55.1 Å². The monoisotopic (exact) mass is 366 g/mol. The van der Waals surface area contributed by atoms with Crippen molar-refractivity contribution in [3.05, 3.63) is 65.2 Å². The van der Waals surface area contributed by atoms with E-state index in [1.807, 2.05) is 0 Å². The van der Waals surface area contributed by atoms with Crippen molar-refractivity contribution in [3.8, 4) is 0 Å². The van der Waals surface area contributed by atoms with Crippen LogP contribution in [0.1, 0.15) is 21.5 Å². The second kappa shape index (κ2) is 8.76. The number of carbonyl (C=O) groups excluding carboxylic acids is 1. The molecule has 0 spiro atoms. The lowest BCUT2D eigenvalue weighted by Crippen LogP contribution is -2.13. The highest BCUT2D eigenvalue weighted by Crippen LogP contribution is 2.30. The van der Waals surface area contributed by atoms with Gasteiger partial charge in [-0.15, -0.1) is 24.8 Å². The Labute approximate surface area is 143 Å². The van der Waals surface area contributed by atoms with Crippen LogP contribution in [-0.4, -0.2) is 5.91 Å². The third-order valence-corrected chi connectivity index (χ3v) is 2.90. The molecule has 0 saturated carbocycles. The zero-order valence-electron chi connectivity index (χ0n) is 11.8. The molecule has 0 heterocycles. The molecule has 3 N–H and O–H groups in total. The average Bonchev–Trinajstić information content (AvgIpc) is 2.47. The molecule has 0 atom stereocenters. The lowest BCUT2D eigenvalue weighted by atomic mass is 10.1. The molecule has 23 heavy (non-hydrogen) atoms. The van der Waals surface area contributed by atoms with Crippen LogP contribution in [0.15, 0.2) is 48.5 Å². The number of benzene rings is 2. The molecule has 0 fully saturated rings. The minimum atomic E-state index is -4.44. The van der Waals surface area contributed by atoms with Gasteiger partial charge in [0.1, 0.15) is 0 Å². The molecule has 2 aromatic carbocycles. The van der Waals surface area contributed by atoms with Crippen molar-refractivity contribution < 1.29 is 18.0 Å². The van der Waals surface area contributed by atoms with Crippen LogP contribution in [-0.2, 0) is 12.7 Å². The minimum absolute atomic E-state index is 0. The van der Waals surface area contributed by atoms with Gasteiger partial charge in [0.15, 0.2) is 0 Å². The third kappa shape index (κ3) is 5.74. The number of amides is 1. The number of halogens is 5. The third-order valence-electron chi connectivity index (χ3n) is 2.90. The Kier molecular flexibility index (Phi) is 8.09. The smallest absolute Gasteiger partial charge is 0.326 e. The number of hydrogen-bond donors (Lipinski definition) is 2. The van der Waals surface area contributed by atoms with E-state index in [4.69, 9.17) is 5.73 Å². The first-order chi connectivity index (χ1) is 9.90. The highest BCUT2D eigenvalue weighted by Gasteiger charge is 2.30. The second-order valence-corrected chi connectivity index (χ2v) is 4.43. The Bertz CT molecular complexity index is 646. The highest BCUT2D eigenvalue weighted by atomic mass is 35.5. The van der Waals surface area contributed by atoms with Gasteiger partial charge in [0.25, 0.3) is 5.91 Å². The van der Waals surface area contributed by atoms with Gasteiger partial charge in [-0.25, -0.2) is 0 Å². The van der Waals surface area contributed by atoms with Gasteiger partial charge in [-0.1, -0.05) is 18.2 Å². The van der Waals surface area contributed by atoms with E-state index in [1.54, 1.807) is 24.3 Å². The molecule has 8 heteroatoms. The molecule has 0 aliphatic heterocycles. The first kappa shape index (κ1) is 21.2. The van der Waals surface area contributed by atoms with Crippen LogP contribution < -0.4 is 11.1 Å². The second-order valence-electron chi connectivity index (χ2n) is 4.43. The molecule has 0 aliphatic carbocycles. The fourth-order valence-electron chi connectivity index (χ4n) is 1.77. The Hall–Kier alpha value is -1.76. The molecular weight excluding hydrogens is 352 g/mol. The number of hydrogen-bond acceptors (Lipinski definition) is 2. The largest absolute Gasteiger partial charge is 0.416 e. The summed E-state index contributed by atoms with van der Waals surface area (Å²) in [5.41, 5.74) is 5.96. The molecule has 2 aromatic rings. The van der Waals surface area contributed by atoms with Gasteiger partial charge in [-0.3, -0.25) is 4.79 Å². The van der Waals surface area contributed by atoms with Gasteiger partial charge in [0.2, 0.25) is 0 Å². The number of carbonyl (C=O) groups is 1. The van der Waals surface area contributed by atoms with Gasteiger partial charge in [0, 0.05) is 17.8 Å². The van der Waals surface area contributed by atoms with Crippen molar-refractivity contribution in [2.75, 3.05) is 5.32 Å². The van der Waals surface area contributed by atoms with E-state index < -0.39 is 17.6 Å². The van der Waals surface area contributed by atoms with E-state index in [0.29, 0.717) is 12.1 Å². The summed E-state index contributed by atoms with van der Waals surface area (Å²) in [7, 11) is 0. The summed E-state index contributed by atoms with van der Waals surface area (Å²) in [6.45, 7) is 0.357. The van der Waals surface area contributed by atoms with Crippen LogP contribution in [0.5, 0.6) is 0 Å². The highest BCUT2D eigenvalue weighted by molar-refractivity contribution is 6.04. The molecular formula is C15H15Cl2F3N2O. The summed E-state index contributed by atoms with van der Waals surface area (Å²) in [6, 6.07) is 11.0. The maximum Gasteiger partial charge on any atom is 0.416 e. The quantitative estimate of drug-likeness (QED) is 0.852. The van der Waals surface area contributed by atoms with Crippen molar-refractivity contribution >= 4 is 36.4 Å². The molecule has 0 radical (unpaired) electrons. The summed E-state index contributed by atoms with van der Waals surface area (Å²) in [4.78, 5) is 12.0. The van der Waals surface area contributed by atoms with Crippen molar-refractivity contribution in [1.29, 1.82) is 0 Å². The summed E-state index contributed by atoms with van der Waals surface area (Å²) >= 11 is 0. The van der Waals surface area contributed by atoms with E-state index in [-0.39, 0.29) is 30.5 Å². The average molecular weight is 367 g/mol. The van der Waals surface area contributed by atoms with Gasteiger partial charge >= 0.3 is 6.18 Å². The summed E-state index contributed by atoms with van der Waals surface area (Å²) < 4.78 is 37.8. The van der Waals surface area contributed by atoms with Crippen molar-refractivity contribution in [2.24, 2.45) is 5.73 Å². The Morgan fingerprint density at radius 3 is 2.17 bits per heavy atom. The number of rotatable bonds is 3. The van der Waals surface area contributed by atoms with E-state index >= 15 is 0 Å². The molecule has 2 rings (SSSR count). The fourth-order valence-corrected chi connectivity index (χ4v) is 1.77. The molecule has 0 bridgehead atoms. The molecule has 3 nitrogen and oxygen atoms in total. The molecule has 0 saturated heterocycles. The summed E-state index contributed by atoms with van der Waals surface area (Å²) in [5, 5.41) is 2.44. The van der Waals surface area contributed by atoms with E-state index in [2.05, 4.69) is 5.32 Å². The minimum Gasteiger partial charge on any atom is -0.326 e. The number of nitrogens with two attached hydrogens (primary N) is 1. The van der Waals surface area contributed by atoms with E-state index in [0.717, 1.165) is 17.7 Å². The van der Waals surface area contributed by atoms with Crippen molar-refractivity contribution in [1.82, 2.24) is 0 Å². The Morgan fingerprint density at radius 1 is 1.04 bits per heavy atom. The maximum absolute atomic E-state index is 12.6. The molecule has 1 amide bonds. The lowest BCUT2D eigenvalue weighted by Gasteiger charge is -2.10. The van der Waals surface area contributed by atoms with Crippen LogP contribution >= 0.6 is 24.8 Å². The van der Waals surface area contributed by atoms with Crippen molar-refractivity contribution in [2.45, 2.75) is 12.7 Å². The number of anilines is 1. The zero-order chi connectivity index (χ0) is 15.5. The number of alkyl halides is 3. The number of nitrogens with one attached hydrogen (secondary N) is 1. The molecule has 0 aliphatic rings. The van der Waals surface area contributed by atoms with E-state index in [1.165, 1.54) is 12.1 Å². The maximum atomic E-state index is 12.6. The van der Waals surface area contributed by atoms with E-state index in [9.17, 15) is 18.0 Å². The zero-order valence-corrected chi connectivity index (χ0v) is 13.4. The van der Waals surface area contributed by atoms with Gasteiger partial charge in [-0.05, 0) is 35.9 Å². The first-order valence-corrected chi connectivity index (χ1v) is 6.18. The van der Waals surface area contributed by atoms with Crippen LogP contribution in [0.2, 0.25) is 0 Å². The van der Waals surface area contributed by atoms with Crippen LogP contribution in [0.3, 0.4) is 0 Å². The SMILES string of the molecule is Cl.Cl.NCc1ccc(C(=O)Nc2cccc(C(F)(F)F)c2)cc1. The normalized spacial score (nSPS) is 10.3.